The van der Waals surface area contributed by atoms with Crippen LogP contribution in [0.2, 0.25) is 0 Å². The van der Waals surface area contributed by atoms with E-state index in [2.05, 4.69) is 11.9 Å². The van der Waals surface area contributed by atoms with E-state index in [1.165, 1.54) is 4.57 Å². The number of carbonyl (C=O) groups excluding carboxylic acids is 1. The normalized spacial score (nSPS) is 11.2. The fraction of sp³-hybridized carbons (Fsp3) is 0.381. The Morgan fingerprint density at radius 1 is 1.12 bits per heavy atom. The van der Waals surface area contributed by atoms with E-state index in [1.807, 2.05) is 32.0 Å². The molecule has 3 aromatic rings. The van der Waals surface area contributed by atoms with E-state index in [4.69, 9.17) is 4.42 Å². The molecule has 0 atom stereocenters. The zero-order chi connectivity index (χ0) is 18.7. The van der Waals surface area contributed by atoms with Gasteiger partial charge in [0, 0.05) is 17.7 Å². The minimum absolute atomic E-state index is 0.184. The molecule has 5 heteroatoms. The first kappa shape index (κ1) is 18.1. The predicted octanol–water partition coefficient (Wildman–Crippen LogP) is 4.42. The first-order valence-electron chi connectivity index (χ1n) is 9.16. The molecule has 0 saturated heterocycles. The monoisotopic (exact) mass is 352 g/mol. The van der Waals surface area contributed by atoms with Gasteiger partial charge in [-0.15, -0.1) is 0 Å². The number of benzene rings is 1. The van der Waals surface area contributed by atoms with E-state index in [1.54, 1.807) is 12.1 Å². The number of nitrogens with zero attached hydrogens (tertiary/aromatic N) is 2. The number of aromatic nitrogens is 2. The summed E-state index contributed by atoms with van der Waals surface area (Å²) in [5, 5.41) is 0.393. The molecular formula is C21H24N2O3. The van der Waals surface area contributed by atoms with E-state index in [0.717, 1.165) is 36.9 Å². The van der Waals surface area contributed by atoms with Crippen LogP contribution in [0.5, 0.6) is 0 Å². The van der Waals surface area contributed by atoms with Crippen molar-refractivity contribution in [1.29, 1.82) is 0 Å². The maximum absolute atomic E-state index is 13.0. The van der Waals surface area contributed by atoms with Crippen LogP contribution in [0.3, 0.4) is 0 Å². The summed E-state index contributed by atoms with van der Waals surface area (Å²) in [5.74, 6) is 0.217. The summed E-state index contributed by atoms with van der Waals surface area (Å²) < 4.78 is 6.95. The van der Waals surface area contributed by atoms with Gasteiger partial charge in [-0.05, 0) is 38.0 Å². The van der Waals surface area contributed by atoms with Crippen molar-refractivity contribution in [3.63, 3.8) is 0 Å². The number of unbranched alkanes of at least 4 members (excludes halogenated alkanes) is 3. The van der Waals surface area contributed by atoms with Crippen molar-refractivity contribution in [3.05, 3.63) is 63.5 Å². The molecule has 0 N–H and O–H groups in total. The Hall–Kier alpha value is -2.69. The molecule has 0 fully saturated rings. The Morgan fingerprint density at radius 2 is 1.85 bits per heavy atom. The van der Waals surface area contributed by atoms with E-state index in [9.17, 15) is 9.59 Å². The first-order chi connectivity index (χ1) is 12.5. The van der Waals surface area contributed by atoms with Crippen LogP contribution in [0, 0.1) is 13.8 Å². The molecule has 0 saturated carbocycles. The molecule has 0 aliphatic heterocycles. The Balaban J connectivity index is 2.08. The summed E-state index contributed by atoms with van der Waals surface area (Å²) in [6.07, 6.45) is 4.88. The van der Waals surface area contributed by atoms with Crippen molar-refractivity contribution in [2.24, 2.45) is 0 Å². The fourth-order valence-corrected chi connectivity index (χ4v) is 3.20. The highest BCUT2D eigenvalue weighted by molar-refractivity contribution is 6.02. The number of carbonyl (C=O) groups is 1. The van der Waals surface area contributed by atoms with Crippen molar-refractivity contribution in [2.45, 2.75) is 52.9 Å². The second kappa shape index (κ2) is 7.68. The molecule has 0 aliphatic carbocycles. The van der Waals surface area contributed by atoms with Crippen LogP contribution < -0.4 is 5.63 Å². The zero-order valence-corrected chi connectivity index (χ0v) is 15.5. The average molecular weight is 352 g/mol. The SMILES string of the molecule is CCCCCCc1nc2c(c(C)c(C)n2C(=O)c2ccccc2)c(=O)o1. The van der Waals surface area contributed by atoms with Gasteiger partial charge in [-0.25, -0.2) is 4.79 Å². The highest BCUT2D eigenvalue weighted by Gasteiger charge is 2.22. The van der Waals surface area contributed by atoms with Crippen LogP contribution in [0.1, 0.15) is 60.1 Å². The second-order valence-corrected chi connectivity index (χ2v) is 6.62. The Labute approximate surface area is 152 Å². The lowest BCUT2D eigenvalue weighted by atomic mass is 10.1. The van der Waals surface area contributed by atoms with Gasteiger partial charge in [-0.1, -0.05) is 44.4 Å². The number of rotatable bonds is 6. The number of hydrogen-bond acceptors (Lipinski definition) is 4. The van der Waals surface area contributed by atoms with Crippen LogP contribution >= 0.6 is 0 Å². The number of aryl methyl sites for hydroxylation is 2. The van der Waals surface area contributed by atoms with Gasteiger partial charge in [-0.2, -0.15) is 4.98 Å². The number of fused-ring (bicyclic) bond motifs is 1. The van der Waals surface area contributed by atoms with Crippen LogP contribution in [0.4, 0.5) is 0 Å². The zero-order valence-electron chi connectivity index (χ0n) is 15.5. The van der Waals surface area contributed by atoms with Crippen LogP contribution in [0.25, 0.3) is 11.0 Å². The lowest BCUT2D eigenvalue weighted by Crippen LogP contribution is -2.15. The summed E-state index contributed by atoms with van der Waals surface area (Å²) in [7, 11) is 0. The Bertz CT molecular complexity index is 984. The average Bonchev–Trinajstić information content (AvgIpc) is 2.90. The third kappa shape index (κ3) is 3.34. The van der Waals surface area contributed by atoms with E-state index < -0.39 is 5.63 Å². The molecule has 1 aromatic carbocycles. The van der Waals surface area contributed by atoms with Gasteiger partial charge in [0.15, 0.2) is 5.65 Å². The highest BCUT2D eigenvalue weighted by atomic mass is 16.4. The molecular weight excluding hydrogens is 328 g/mol. The Kier molecular flexibility index (Phi) is 5.35. The highest BCUT2D eigenvalue weighted by Crippen LogP contribution is 2.23. The van der Waals surface area contributed by atoms with Crippen LogP contribution in [-0.4, -0.2) is 15.5 Å². The largest absolute Gasteiger partial charge is 0.408 e. The van der Waals surface area contributed by atoms with Gasteiger partial charge in [-0.3, -0.25) is 9.36 Å². The van der Waals surface area contributed by atoms with Crippen LogP contribution in [0.15, 0.2) is 39.5 Å². The molecule has 5 nitrogen and oxygen atoms in total. The van der Waals surface area contributed by atoms with Gasteiger partial charge in [0.1, 0.15) is 5.39 Å². The third-order valence-corrected chi connectivity index (χ3v) is 4.80. The molecule has 0 aliphatic rings. The van der Waals surface area contributed by atoms with Gasteiger partial charge >= 0.3 is 5.63 Å². The molecule has 26 heavy (non-hydrogen) atoms. The molecule has 3 rings (SSSR count). The van der Waals surface area contributed by atoms with Crippen molar-refractivity contribution < 1.29 is 9.21 Å². The first-order valence-corrected chi connectivity index (χ1v) is 9.16. The third-order valence-electron chi connectivity index (χ3n) is 4.80. The quantitative estimate of drug-likeness (QED) is 0.616. The molecule has 136 valence electrons. The van der Waals surface area contributed by atoms with Crippen molar-refractivity contribution in [2.75, 3.05) is 0 Å². The van der Waals surface area contributed by atoms with Gasteiger partial charge in [0.25, 0.3) is 5.91 Å². The fourth-order valence-electron chi connectivity index (χ4n) is 3.20. The summed E-state index contributed by atoms with van der Waals surface area (Å²) in [4.78, 5) is 30.0. The molecule has 0 spiro atoms. The van der Waals surface area contributed by atoms with Crippen molar-refractivity contribution in [1.82, 2.24) is 9.55 Å². The van der Waals surface area contributed by atoms with Gasteiger partial charge in [0.2, 0.25) is 5.89 Å². The molecule has 0 unspecified atom stereocenters. The van der Waals surface area contributed by atoms with Crippen molar-refractivity contribution >= 4 is 16.9 Å². The van der Waals surface area contributed by atoms with Crippen LogP contribution in [-0.2, 0) is 6.42 Å². The molecule has 2 aromatic heterocycles. The minimum atomic E-state index is -0.416. The molecule has 0 amide bonds. The summed E-state index contributed by atoms with van der Waals surface area (Å²) in [6, 6.07) is 9.04. The summed E-state index contributed by atoms with van der Waals surface area (Å²) in [5.41, 5.74) is 2.00. The Morgan fingerprint density at radius 3 is 2.54 bits per heavy atom. The molecule has 2 heterocycles. The molecule has 0 bridgehead atoms. The van der Waals surface area contributed by atoms with E-state index in [0.29, 0.717) is 28.9 Å². The lowest BCUT2D eigenvalue weighted by molar-refractivity contribution is 0.0962. The second-order valence-electron chi connectivity index (χ2n) is 6.62. The topological polar surface area (TPSA) is 65.1 Å². The van der Waals surface area contributed by atoms with E-state index in [-0.39, 0.29) is 5.91 Å². The predicted molar refractivity (Wildman–Crippen MR) is 102 cm³/mol. The summed E-state index contributed by atoms with van der Waals surface area (Å²) >= 11 is 0. The minimum Gasteiger partial charge on any atom is -0.408 e. The smallest absolute Gasteiger partial charge is 0.348 e. The van der Waals surface area contributed by atoms with E-state index >= 15 is 0 Å². The number of hydrogen-bond donors (Lipinski definition) is 0. The van der Waals surface area contributed by atoms with Crippen molar-refractivity contribution in [3.8, 4) is 0 Å². The lowest BCUT2D eigenvalue weighted by Gasteiger charge is -2.07. The molecule has 0 radical (unpaired) electrons. The summed E-state index contributed by atoms with van der Waals surface area (Å²) in [6.45, 7) is 5.81. The van der Waals surface area contributed by atoms with Gasteiger partial charge in [0.05, 0.1) is 0 Å². The maximum Gasteiger partial charge on any atom is 0.348 e. The maximum atomic E-state index is 13.0. The van der Waals surface area contributed by atoms with Gasteiger partial charge < -0.3 is 4.42 Å². The standard InChI is InChI=1S/C21H24N2O3/c1-4-5-6-10-13-17-22-19-18(21(25)26-17)14(2)15(3)23(19)20(24)16-11-8-7-9-12-16/h7-9,11-12H,4-6,10,13H2,1-3H3.